The van der Waals surface area contributed by atoms with E-state index in [1.165, 1.54) is 0 Å². The molecule has 3 fully saturated rings. The summed E-state index contributed by atoms with van der Waals surface area (Å²) in [5, 5.41) is 19.8. The Bertz CT molecular complexity index is 872. The maximum absolute atomic E-state index is 12.7. The van der Waals surface area contributed by atoms with Crippen LogP contribution in [0.5, 0.6) is 0 Å². The lowest BCUT2D eigenvalue weighted by Gasteiger charge is -2.57. The number of aliphatic carboxylic acids is 1. The average Bonchev–Trinajstić information content (AvgIpc) is 3.02. The van der Waals surface area contributed by atoms with Gasteiger partial charge in [0.1, 0.15) is 6.10 Å². The van der Waals surface area contributed by atoms with Crippen LogP contribution in [0.4, 0.5) is 0 Å². The zero-order valence-corrected chi connectivity index (χ0v) is 17.0. The number of carbonyl (C=O) groups is 4. The highest BCUT2D eigenvalue weighted by molar-refractivity contribution is 6.28. The van der Waals surface area contributed by atoms with Crippen LogP contribution in [-0.4, -0.2) is 59.1 Å². The van der Waals surface area contributed by atoms with Gasteiger partial charge in [-0.2, -0.15) is 0 Å². The van der Waals surface area contributed by atoms with E-state index in [0.29, 0.717) is 13.0 Å². The van der Waals surface area contributed by atoms with Crippen LogP contribution < -0.4 is 0 Å². The summed E-state index contributed by atoms with van der Waals surface area (Å²) in [5.74, 6) is -3.70. The predicted octanol–water partition coefficient (Wildman–Crippen LogP) is 1.07. The molecule has 0 amide bonds. The molecule has 0 spiro atoms. The fraction of sp³-hybridized carbons (Fsp3) is 0.636. The average molecular weight is 418 g/mol. The number of carboxylic acids is 1. The molecule has 4 rings (SSSR count). The van der Waals surface area contributed by atoms with Gasteiger partial charge in [0, 0.05) is 16.7 Å². The molecule has 8 heteroatoms. The fourth-order valence-electron chi connectivity index (χ4n) is 6.45. The van der Waals surface area contributed by atoms with Gasteiger partial charge in [0.05, 0.1) is 12.7 Å². The Morgan fingerprint density at radius 2 is 2.03 bits per heavy atom. The highest BCUT2D eigenvalue weighted by atomic mass is 16.6. The lowest BCUT2D eigenvalue weighted by Crippen LogP contribution is -2.58. The summed E-state index contributed by atoms with van der Waals surface area (Å²) in [4.78, 5) is 46.3. The van der Waals surface area contributed by atoms with Gasteiger partial charge >= 0.3 is 11.9 Å². The third-order valence-electron chi connectivity index (χ3n) is 7.78. The van der Waals surface area contributed by atoms with E-state index in [1.54, 1.807) is 12.2 Å². The molecule has 0 aromatic carbocycles. The normalized spacial score (nSPS) is 41.9. The molecule has 1 saturated heterocycles. The van der Waals surface area contributed by atoms with Crippen molar-refractivity contribution < 1.29 is 38.9 Å². The summed E-state index contributed by atoms with van der Waals surface area (Å²) in [6.45, 7) is 3.66. The number of carboxylic acid groups (broad SMARTS) is 1. The monoisotopic (exact) mass is 418 g/mol. The van der Waals surface area contributed by atoms with Crippen molar-refractivity contribution in [3.05, 3.63) is 23.8 Å². The lowest BCUT2D eigenvalue weighted by atomic mass is 9.47. The van der Waals surface area contributed by atoms with E-state index >= 15 is 0 Å². The van der Waals surface area contributed by atoms with E-state index in [1.807, 2.05) is 13.0 Å². The molecule has 7 atom stereocenters. The Morgan fingerprint density at radius 1 is 1.30 bits per heavy atom. The second kappa shape index (κ2) is 7.13. The van der Waals surface area contributed by atoms with E-state index < -0.39 is 47.4 Å². The van der Waals surface area contributed by atoms with Gasteiger partial charge < -0.3 is 19.7 Å². The molecule has 2 saturated carbocycles. The van der Waals surface area contributed by atoms with Crippen molar-refractivity contribution in [2.45, 2.75) is 45.3 Å². The van der Waals surface area contributed by atoms with Gasteiger partial charge in [0.15, 0.2) is 18.2 Å². The van der Waals surface area contributed by atoms with E-state index in [-0.39, 0.29) is 23.5 Å². The molecule has 2 N–H and O–H groups in total. The molecule has 7 unspecified atom stereocenters. The Balaban J connectivity index is 1.57. The molecule has 0 aromatic rings. The number of carbonyl (C=O) groups excluding carboxylic acids is 3. The number of Topliss-reactive ketones (excluding diaryl/α,β-unsaturated/α-hetero) is 1. The number of esters is 1. The number of allylic oxidation sites excluding steroid dienone is 4. The van der Waals surface area contributed by atoms with Crippen LogP contribution in [0.1, 0.15) is 33.1 Å². The van der Waals surface area contributed by atoms with Crippen LogP contribution in [-0.2, 0) is 28.7 Å². The highest BCUT2D eigenvalue weighted by Gasteiger charge is 2.63. The van der Waals surface area contributed by atoms with Crippen LogP contribution in [0.2, 0.25) is 0 Å². The van der Waals surface area contributed by atoms with E-state index in [9.17, 15) is 24.3 Å². The number of aliphatic hydroxyl groups excluding tert-OH is 1. The van der Waals surface area contributed by atoms with Crippen LogP contribution in [0.25, 0.3) is 0 Å². The lowest BCUT2D eigenvalue weighted by molar-refractivity contribution is -0.166. The summed E-state index contributed by atoms with van der Waals surface area (Å²) in [5.41, 5.74) is 0.00138. The van der Waals surface area contributed by atoms with Gasteiger partial charge in [-0.3, -0.25) is 9.59 Å². The SMILES string of the molecule is CC12C=CC(=O)C=C1CCC1C2C(O)CC2(C)C(C(=O)COC(=O)C(=O)O)OCC12. The number of ketones is 2. The largest absolute Gasteiger partial charge is 0.473 e. The van der Waals surface area contributed by atoms with Crippen molar-refractivity contribution in [2.24, 2.45) is 28.6 Å². The number of aliphatic hydroxyl groups is 1. The molecule has 1 heterocycles. The van der Waals surface area contributed by atoms with Crippen molar-refractivity contribution in [3.63, 3.8) is 0 Å². The van der Waals surface area contributed by atoms with E-state index in [0.717, 1.165) is 18.4 Å². The first-order chi connectivity index (χ1) is 14.1. The molecule has 1 aliphatic heterocycles. The van der Waals surface area contributed by atoms with Crippen LogP contribution >= 0.6 is 0 Å². The maximum atomic E-state index is 12.7. The van der Waals surface area contributed by atoms with E-state index in [2.05, 4.69) is 11.7 Å². The number of hydrogen-bond acceptors (Lipinski definition) is 7. The topological polar surface area (TPSA) is 127 Å². The van der Waals surface area contributed by atoms with E-state index in [4.69, 9.17) is 9.84 Å². The van der Waals surface area contributed by atoms with Crippen LogP contribution in [0.3, 0.4) is 0 Å². The van der Waals surface area contributed by atoms with Gasteiger partial charge in [-0.05, 0) is 43.3 Å². The minimum Gasteiger partial charge on any atom is -0.473 e. The number of hydrogen-bond donors (Lipinski definition) is 2. The number of ether oxygens (including phenoxy) is 2. The molecule has 30 heavy (non-hydrogen) atoms. The quantitative estimate of drug-likeness (QED) is 0.515. The predicted molar refractivity (Wildman–Crippen MR) is 102 cm³/mol. The molecule has 162 valence electrons. The first kappa shape index (κ1) is 20.9. The highest BCUT2D eigenvalue weighted by Crippen LogP contribution is 2.63. The summed E-state index contributed by atoms with van der Waals surface area (Å²) in [6, 6.07) is 0. The third-order valence-corrected chi connectivity index (χ3v) is 7.78. The van der Waals surface area contributed by atoms with Gasteiger partial charge in [-0.15, -0.1) is 0 Å². The minimum atomic E-state index is -1.76. The minimum absolute atomic E-state index is 0.0261. The van der Waals surface area contributed by atoms with Crippen molar-refractivity contribution in [3.8, 4) is 0 Å². The Labute approximate surface area is 173 Å². The van der Waals surface area contributed by atoms with Crippen molar-refractivity contribution in [2.75, 3.05) is 13.2 Å². The van der Waals surface area contributed by atoms with Crippen LogP contribution in [0, 0.1) is 28.6 Å². The molecular weight excluding hydrogens is 392 g/mol. The maximum Gasteiger partial charge on any atom is 0.417 e. The molecule has 0 bridgehead atoms. The Hall–Kier alpha value is -2.32. The van der Waals surface area contributed by atoms with Gasteiger partial charge in [0.25, 0.3) is 0 Å². The van der Waals surface area contributed by atoms with Crippen molar-refractivity contribution in [1.82, 2.24) is 0 Å². The summed E-state index contributed by atoms with van der Waals surface area (Å²) in [7, 11) is 0. The summed E-state index contributed by atoms with van der Waals surface area (Å²) < 4.78 is 10.4. The molecule has 0 radical (unpaired) electrons. The first-order valence-electron chi connectivity index (χ1n) is 10.2. The molecule has 3 aliphatic carbocycles. The second-order valence-corrected chi connectivity index (χ2v) is 9.36. The zero-order valence-electron chi connectivity index (χ0n) is 17.0. The third kappa shape index (κ3) is 3.04. The Morgan fingerprint density at radius 3 is 2.73 bits per heavy atom. The molecular formula is C22H26O8. The van der Waals surface area contributed by atoms with Crippen molar-refractivity contribution in [1.29, 1.82) is 0 Å². The summed E-state index contributed by atoms with van der Waals surface area (Å²) >= 11 is 0. The number of rotatable bonds is 3. The van der Waals surface area contributed by atoms with Crippen LogP contribution in [0.15, 0.2) is 23.8 Å². The van der Waals surface area contributed by atoms with Crippen molar-refractivity contribution >= 4 is 23.5 Å². The van der Waals surface area contributed by atoms with Gasteiger partial charge in [0.2, 0.25) is 0 Å². The fourth-order valence-corrected chi connectivity index (χ4v) is 6.45. The Kier molecular flexibility index (Phi) is 4.97. The molecule has 0 aromatic heterocycles. The molecule has 4 aliphatic rings. The first-order valence-corrected chi connectivity index (χ1v) is 10.2. The smallest absolute Gasteiger partial charge is 0.417 e. The zero-order chi connectivity index (χ0) is 21.8. The standard InChI is InChI=1S/C22H26O8/c1-21-6-5-12(23)7-11(21)3-4-13-14-9-29-18(16(25)10-30-20(28)19(26)27)22(14,2)8-15(24)17(13)21/h5-7,13-15,17-18,24H,3-4,8-10H2,1-2H3,(H,26,27). The van der Waals surface area contributed by atoms with Gasteiger partial charge in [-0.1, -0.05) is 25.5 Å². The summed E-state index contributed by atoms with van der Waals surface area (Å²) in [6.07, 6.45) is 5.50. The van der Waals surface area contributed by atoms with Gasteiger partial charge in [-0.25, -0.2) is 9.59 Å². The molecule has 8 nitrogen and oxygen atoms in total. The number of fused-ring (bicyclic) bond motifs is 5. The second-order valence-electron chi connectivity index (χ2n) is 9.36.